The molecule has 5 nitrogen and oxygen atoms in total. The molecule has 1 fully saturated rings. The van der Waals surface area contributed by atoms with E-state index in [0.29, 0.717) is 29.5 Å². The smallest absolute Gasteiger partial charge is 0.251 e. The van der Waals surface area contributed by atoms with E-state index in [-0.39, 0.29) is 17.7 Å². The molecule has 0 atom stereocenters. The molecule has 0 saturated heterocycles. The van der Waals surface area contributed by atoms with Crippen LogP contribution in [0.1, 0.15) is 28.9 Å². The standard InChI is InChI=1S/C13H16ClN3O2/c1-8-6-10(7-11(14)17-8)13(19)16-5-4-15-12(18)9-2-3-9/h6-7,9H,2-5H2,1H3,(H,15,18)(H,16,19). The number of rotatable bonds is 5. The van der Waals surface area contributed by atoms with Crippen molar-refractivity contribution in [1.29, 1.82) is 0 Å². The van der Waals surface area contributed by atoms with Crippen molar-refractivity contribution in [3.63, 3.8) is 0 Å². The number of amides is 2. The first-order valence-electron chi connectivity index (χ1n) is 6.26. The van der Waals surface area contributed by atoms with Gasteiger partial charge in [0.2, 0.25) is 5.91 Å². The van der Waals surface area contributed by atoms with E-state index in [9.17, 15) is 9.59 Å². The number of halogens is 1. The van der Waals surface area contributed by atoms with Crippen LogP contribution in [0.3, 0.4) is 0 Å². The first-order chi connectivity index (χ1) is 9.06. The zero-order valence-electron chi connectivity index (χ0n) is 10.7. The Hall–Kier alpha value is -1.62. The summed E-state index contributed by atoms with van der Waals surface area (Å²) in [7, 11) is 0. The number of aryl methyl sites for hydroxylation is 1. The summed E-state index contributed by atoms with van der Waals surface area (Å²) in [5.41, 5.74) is 1.17. The van der Waals surface area contributed by atoms with Gasteiger partial charge in [-0.05, 0) is 31.9 Å². The number of nitrogens with zero attached hydrogens (tertiary/aromatic N) is 1. The van der Waals surface area contributed by atoms with E-state index in [1.807, 2.05) is 0 Å². The van der Waals surface area contributed by atoms with Gasteiger partial charge in [-0.15, -0.1) is 0 Å². The fourth-order valence-electron chi connectivity index (χ4n) is 1.71. The van der Waals surface area contributed by atoms with Gasteiger partial charge in [-0.3, -0.25) is 9.59 Å². The van der Waals surface area contributed by atoms with Crippen LogP contribution >= 0.6 is 11.6 Å². The van der Waals surface area contributed by atoms with Crippen LogP contribution in [0.2, 0.25) is 5.15 Å². The molecule has 1 aliphatic carbocycles. The molecule has 102 valence electrons. The lowest BCUT2D eigenvalue weighted by Gasteiger charge is -2.07. The highest BCUT2D eigenvalue weighted by Gasteiger charge is 2.28. The van der Waals surface area contributed by atoms with E-state index in [0.717, 1.165) is 12.8 Å². The minimum atomic E-state index is -0.215. The Labute approximate surface area is 116 Å². The number of aromatic nitrogens is 1. The van der Waals surface area contributed by atoms with Crippen molar-refractivity contribution >= 4 is 23.4 Å². The molecule has 2 N–H and O–H groups in total. The summed E-state index contributed by atoms with van der Waals surface area (Å²) in [6, 6.07) is 3.19. The first kappa shape index (κ1) is 13.8. The minimum Gasteiger partial charge on any atom is -0.354 e. The molecule has 0 aromatic carbocycles. The summed E-state index contributed by atoms with van der Waals surface area (Å²) in [6.45, 7) is 2.62. The van der Waals surface area contributed by atoms with Gasteiger partial charge in [0.1, 0.15) is 5.15 Å². The van der Waals surface area contributed by atoms with Crippen molar-refractivity contribution in [2.45, 2.75) is 19.8 Å². The van der Waals surface area contributed by atoms with E-state index in [1.165, 1.54) is 6.07 Å². The van der Waals surface area contributed by atoms with Crippen LogP contribution in [0.5, 0.6) is 0 Å². The molecular formula is C13H16ClN3O2. The van der Waals surface area contributed by atoms with Crippen LogP contribution < -0.4 is 10.6 Å². The van der Waals surface area contributed by atoms with E-state index in [4.69, 9.17) is 11.6 Å². The van der Waals surface area contributed by atoms with Gasteiger partial charge in [-0.25, -0.2) is 4.98 Å². The molecule has 1 heterocycles. The number of nitrogens with one attached hydrogen (secondary N) is 2. The highest BCUT2D eigenvalue weighted by atomic mass is 35.5. The normalized spacial score (nSPS) is 14.0. The van der Waals surface area contributed by atoms with Gasteiger partial charge in [-0.1, -0.05) is 11.6 Å². The molecule has 19 heavy (non-hydrogen) atoms. The van der Waals surface area contributed by atoms with Gasteiger partial charge in [0.15, 0.2) is 0 Å². The maximum absolute atomic E-state index is 11.8. The Kier molecular flexibility index (Phi) is 4.37. The van der Waals surface area contributed by atoms with Crippen LogP contribution in [-0.4, -0.2) is 29.9 Å². The molecule has 1 aromatic heterocycles. The average Bonchev–Trinajstić information content (AvgIpc) is 3.17. The second-order valence-electron chi connectivity index (χ2n) is 4.64. The fraction of sp³-hybridized carbons (Fsp3) is 0.462. The molecule has 1 saturated carbocycles. The second kappa shape index (κ2) is 6.02. The summed E-state index contributed by atoms with van der Waals surface area (Å²) in [4.78, 5) is 27.2. The Morgan fingerprint density at radius 1 is 1.32 bits per heavy atom. The number of hydrogen-bond donors (Lipinski definition) is 2. The lowest BCUT2D eigenvalue weighted by Crippen LogP contribution is -2.35. The predicted molar refractivity (Wildman–Crippen MR) is 72.1 cm³/mol. The second-order valence-corrected chi connectivity index (χ2v) is 5.03. The first-order valence-corrected chi connectivity index (χ1v) is 6.64. The SMILES string of the molecule is Cc1cc(C(=O)NCCNC(=O)C2CC2)cc(Cl)n1. The Morgan fingerprint density at radius 2 is 2.00 bits per heavy atom. The summed E-state index contributed by atoms with van der Waals surface area (Å²) in [5.74, 6) is 0.0578. The van der Waals surface area contributed by atoms with Crippen molar-refractivity contribution < 1.29 is 9.59 Å². The molecule has 0 bridgehead atoms. The summed E-state index contributed by atoms with van der Waals surface area (Å²) < 4.78 is 0. The zero-order valence-corrected chi connectivity index (χ0v) is 11.5. The third-order valence-electron chi connectivity index (χ3n) is 2.84. The van der Waals surface area contributed by atoms with Crippen LogP contribution in [0.15, 0.2) is 12.1 Å². The molecule has 0 unspecified atom stereocenters. The van der Waals surface area contributed by atoms with Crippen molar-refractivity contribution in [2.24, 2.45) is 5.92 Å². The van der Waals surface area contributed by atoms with Gasteiger partial charge in [0.05, 0.1) is 0 Å². The Balaban J connectivity index is 1.75. The lowest BCUT2D eigenvalue weighted by atomic mass is 10.2. The molecule has 0 radical (unpaired) electrons. The molecule has 6 heteroatoms. The molecule has 1 aliphatic rings. The zero-order chi connectivity index (χ0) is 13.8. The Morgan fingerprint density at radius 3 is 2.63 bits per heavy atom. The van der Waals surface area contributed by atoms with E-state index in [1.54, 1.807) is 13.0 Å². The van der Waals surface area contributed by atoms with Gasteiger partial charge >= 0.3 is 0 Å². The maximum atomic E-state index is 11.8. The quantitative estimate of drug-likeness (QED) is 0.631. The van der Waals surface area contributed by atoms with Crippen LogP contribution in [0, 0.1) is 12.8 Å². The van der Waals surface area contributed by atoms with Crippen molar-refractivity contribution in [3.8, 4) is 0 Å². The number of hydrogen-bond acceptors (Lipinski definition) is 3. The molecule has 2 rings (SSSR count). The van der Waals surface area contributed by atoms with Crippen molar-refractivity contribution in [2.75, 3.05) is 13.1 Å². The molecule has 0 spiro atoms. The van der Waals surface area contributed by atoms with Gasteiger partial charge in [0, 0.05) is 30.3 Å². The van der Waals surface area contributed by atoms with E-state index in [2.05, 4.69) is 15.6 Å². The van der Waals surface area contributed by atoms with Crippen LogP contribution in [-0.2, 0) is 4.79 Å². The molecule has 2 amide bonds. The van der Waals surface area contributed by atoms with Gasteiger partial charge in [-0.2, -0.15) is 0 Å². The number of carbonyl (C=O) groups excluding carboxylic acids is 2. The summed E-state index contributed by atoms with van der Waals surface area (Å²) in [6.07, 6.45) is 1.96. The van der Waals surface area contributed by atoms with Crippen molar-refractivity contribution in [3.05, 3.63) is 28.5 Å². The highest BCUT2D eigenvalue weighted by molar-refractivity contribution is 6.29. The topological polar surface area (TPSA) is 71.1 Å². The van der Waals surface area contributed by atoms with Gasteiger partial charge < -0.3 is 10.6 Å². The van der Waals surface area contributed by atoms with Crippen LogP contribution in [0.25, 0.3) is 0 Å². The Bertz CT molecular complexity index is 480. The lowest BCUT2D eigenvalue weighted by molar-refractivity contribution is -0.122. The number of pyridine rings is 1. The molecular weight excluding hydrogens is 266 g/mol. The van der Waals surface area contributed by atoms with Crippen LogP contribution in [0.4, 0.5) is 0 Å². The monoisotopic (exact) mass is 281 g/mol. The average molecular weight is 282 g/mol. The predicted octanol–water partition coefficient (Wildman–Crippen LogP) is 1.30. The highest BCUT2D eigenvalue weighted by Crippen LogP contribution is 2.28. The fourth-order valence-corrected chi connectivity index (χ4v) is 1.96. The number of carbonyl (C=O) groups is 2. The largest absolute Gasteiger partial charge is 0.354 e. The van der Waals surface area contributed by atoms with E-state index < -0.39 is 0 Å². The summed E-state index contributed by atoms with van der Waals surface area (Å²) >= 11 is 5.79. The maximum Gasteiger partial charge on any atom is 0.251 e. The van der Waals surface area contributed by atoms with E-state index >= 15 is 0 Å². The minimum absolute atomic E-state index is 0.0806. The summed E-state index contributed by atoms with van der Waals surface area (Å²) in [5, 5.41) is 5.81. The molecule has 1 aromatic rings. The van der Waals surface area contributed by atoms with Crippen molar-refractivity contribution in [1.82, 2.24) is 15.6 Å². The third kappa shape index (κ3) is 4.21. The third-order valence-corrected chi connectivity index (χ3v) is 3.04. The van der Waals surface area contributed by atoms with Gasteiger partial charge in [0.25, 0.3) is 5.91 Å². The molecule has 0 aliphatic heterocycles.